The van der Waals surface area contributed by atoms with Crippen LogP contribution in [0.4, 0.5) is 0 Å². The first kappa shape index (κ1) is 12.6. The minimum atomic E-state index is -0.484. The number of hydrogen-bond donors (Lipinski definition) is 0. The molecule has 4 heteroatoms. The molecule has 0 saturated heterocycles. The summed E-state index contributed by atoms with van der Waals surface area (Å²) in [6.45, 7) is 0. The van der Waals surface area contributed by atoms with Crippen molar-refractivity contribution in [3.05, 3.63) is 46.6 Å². The molecule has 1 aromatic carbocycles. The predicted octanol–water partition coefficient (Wildman–Crippen LogP) is 2.75. The van der Waals surface area contributed by atoms with E-state index in [0.717, 1.165) is 4.47 Å². The van der Waals surface area contributed by atoms with Gasteiger partial charge in [-0.25, -0.2) is 0 Å². The largest absolute Gasteiger partial charge is 0.505 e. The molecule has 0 aliphatic carbocycles. The van der Waals surface area contributed by atoms with E-state index in [1.807, 2.05) is 0 Å². The van der Waals surface area contributed by atoms with Crippen LogP contribution in [0, 0.1) is 0 Å². The van der Waals surface area contributed by atoms with Crippen molar-refractivity contribution in [1.29, 1.82) is 0 Å². The minimum absolute atomic E-state index is 0.0547. The van der Waals surface area contributed by atoms with Crippen LogP contribution in [0.1, 0.15) is 16.8 Å². The van der Waals surface area contributed by atoms with Gasteiger partial charge in [-0.1, -0.05) is 28.1 Å². The van der Waals surface area contributed by atoms with Crippen molar-refractivity contribution in [1.82, 2.24) is 0 Å². The number of benzene rings is 1. The molecule has 84 valence electrons. The molecule has 3 nitrogen and oxygen atoms in total. The van der Waals surface area contributed by atoms with Crippen molar-refractivity contribution < 1.29 is 14.3 Å². The Labute approximate surface area is 102 Å². The zero-order valence-corrected chi connectivity index (χ0v) is 10.4. The van der Waals surface area contributed by atoms with Crippen LogP contribution in [0.15, 0.2) is 41.1 Å². The smallest absolute Gasteiger partial charge is 0.228 e. The lowest BCUT2D eigenvalue weighted by Gasteiger charge is -1.98. The second-order valence-corrected chi connectivity index (χ2v) is 3.99. The van der Waals surface area contributed by atoms with E-state index in [1.165, 1.54) is 19.4 Å². The third-order valence-corrected chi connectivity index (χ3v) is 2.37. The molecular weight excluding hydrogens is 272 g/mol. The van der Waals surface area contributed by atoms with E-state index in [2.05, 4.69) is 20.7 Å². The number of allylic oxidation sites excluding steroid dienone is 1. The van der Waals surface area contributed by atoms with Crippen molar-refractivity contribution >= 4 is 27.5 Å². The topological polar surface area (TPSA) is 43.4 Å². The molecule has 0 aromatic heterocycles. The fraction of sp³-hybridized carbons (Fsp3) is 0.167. The average molecular weight is 283 g/mol. The van der Waals surface area contributed by atoms with Crippen LogP contribution < -0.4 is 0 Å². The maximum absolute atomic E-state index is 11.6. The van der Waals surface area contributed by atoms with Crippen LogP contribution >= 0.6 is 15.9 Å². The summed E-state index contributed by atoms with van der Waals surface area (Å²) in [7, 11) is 1.48. The van der Waals surface area contributed by atoms with E-state index in [0.29, 0.717) is 5.56 Å². The summed E-state index contributed by atoms with van der Waals surface area (Å²) in [6, 6.07) is 6.76. The van der Waals surface area contributed by atoms with Gasteiger partial charge in [0, 0.05) is 16.5 Å². The summed E-state index contributed by atoms with van der Waals surface area (Å²) in [5.41, 5.74) is 0.394. The Balaban J connectivity index is 2.71. The number of hydrogen-bond acceptors (Lipinski definition) is 3. The molecule has 1 aromatic rings. The quantitative estimate of drug-likeness (QED) is 0.474. The molecule has 0 aliphatic rings. The highest BCUT2D eigenvalue weighted by atomic mass is 79.9. The van der Waals surface area contributed by atoms with Gasteiger partial charge in [0.05, 0.1) is 13.4 Å². The Kier molecular flexibility index (Phi) is 4.92. The van der Waals surface area contributed by atoms with Crippen LogP contribution in [0.25, 0.3) is 0 Å². The van der Waals surface area contributed by atoms with Crippen molar-refractivity contribution in [2.75, 3.05) is 7.11 Å². The van der Waals surface area contributed by atoms with Crippen LogP contribution in [-0.2, 0) is 9.53 Å². The van der Waals surface area contributed by atoms with Gasteiger partial charge in [0.1, 0.15) is 0 Å². The van der Waals surface area contributed by atoms with E-state index in [1.54, 1.807) is 24.3 Å². The van der Waals surface area contributed by atoms with Crippen LogP contribution in [-0.4, -0.2) is 18.7 Å². The SMILES string of the molecule is COC=CCC(=O)C(=O)c1cccc(Br)c1. The highest BCUT2D eigenvalue weighted by Gasteiger charge is 2.14. The first-order chi connectivity index (χ1) is 7.65. The second-order valence-electron chi connectivity index (χ2n) is 3.07. The first-order valence-corrected chi connectivity index (χ1v) is 5.45. The molecule has 0 N–H and O–H groups in total. The van der Waals surface area contributed by atoms with Gasteiger partial charge in [-0.15, -0.1) is 0 Å². The van der Waals surface area contributed by atoms with Crippen molar-refractivity contribution in [3.8, 4) is 0 Å². The van der Waals surface area contributed by atoms with E-state index >= 15 is 0 Å². The number of Topliss-reactive ketones (excluding diaryl/α,β-unsaturated/α-hetero) is 2. The van der Waals surface area contributed by atoms with Gasteiger partial charge in [-0.3, -0.25) is 9.59 Å². The number of ether oxygens (including phenoxy) is 1. The van der Waals surface area contributed by atoms with Crippen LogP contribution in [0.5, 0.6) is 0 Å². The van der Waals surface area contributed by atoms with Gasteiger partial charge >= 0.3 is 0 Å². The molecule has 0 radical (unpaired) electrons. The Morgan fingerprint density at radius 2 is 2.19 bits per heavy atom. The summed E-state index contributed by atoms with van der Waals surface area (Å²) in [6.07, 6.45) is 2.95. The fourth-order valence-corrected chi connectivity index (χ4v) is 1.53. The molecular formula is C12H11BrO3. The molecule has 0 atom stereocenters. The molecule has 0 unspecified atom stereocenters. The number of rotatable bonds is 5. The number of carbonyl (C=O) groups is 2. The lowest BCUT2D eigenvalue weighted by atomic mass is 10.1. The fourth-order valence-electron chi connectivity index (χ4n) is 1.13. The molecule has 0 fully saturated rings. The number of halogens is 1. The normalized spacial score (nSPS) is 10.4. The molecule has 0 amide bonds. The second kappa shape index (κ2) is 6.23. The summed E-state index contributed by atoms with van der Waals surface area (Å²) in [5, 5.41) is 0. The molecule has 0 heterocycles. The average Bonchev–Trinajstić information content (AvgIpc) is 2.28. The molecule has 0 aliphatic heterocycles. The zero-order valence-electron chi connectivity index (χ0n) is 8.77. The van der Waals surface area contributed by atoms with E-state index in [9.17, 15) is 9.59 Å². The van der Waals surface area contributed by atoms with E-state index in [4.69, 9.17) is 0 Å². The Bertz CT molecular complexity index is 424. The first-order valence-electron chi connectivity index (χ1n) is 4.66. The van der Waals surface area contributed by atoms with Gasteiger partial charge < -0.3 is 4.74 Å². The van der Waals surface area contributed by atoms with Gasteiger partial charge in [-0.2, -0.15) is 0 Å². The van der Waals surface area contributed by atoms with E-state index in [-0.39, 0.29) is 6.42 Å². The van der Waals surface area contributed by atoms with Crippen molar-refractivity contribution in [2.24, 2.45) is 0 Å². The zero-order chi connectivity index (χ0) is 12.0. The lowest BCUT2D eigenvalue weighted by Crippen LogP contribution is -2.12. The third-order valence-electron chi connectivity index (χ3n) is 1.88. The maximum Gasteiger partial charge on any atom is 0.228 e. The van der Waals surface area contributed by atoms with Gasteiger partial charge in [0.25, 0.3) is 0 Å². The number of ketones is 2. The highest BCUT2D eigenvalue weighted by molar-refractivity contribution is 9.10. The maximum atomic E-state index is 11.6. The van der Waals surface area contributed by atoms with Crippen LogP contribution in [0.3, 0.4) is 0 Å². The summed E-state index contributed by atoms with van der Waals surface area (Å²) < 4.78 is 5.42. The third kappa shape index (κ3) is 3.62. The summed E-state index contributed by atoms with van der Waals surface area (Å²) in [5.74, 6) is -0.937. The molecule has 0 bridgehead atoms. The van der Waals surface area contributed by atoms with Crippen LogP contribution in [0.2, 0.25) is 0 Å². The predicted molar refractivity (Wildman–Crippen MR) is 64.2 cm³/mol. The van der Waals surface area contributed by atoms with Gasteiger partial charge in [0.2, 0.25) is 11.6 Å². The summed E-state index contributed by atoms with van der Waals surface area (Å²) >= 11 is 3.25. The standard InChI is InChI=1S/C12H11BrO3/c1-16-7-3-6-11(14)12(15)9-4-2-5-10(13)8-9/h2-5,7-8H,6H2,1H3. The Morgan fingerprint density at radius 3 is 2.81 bits per heavy atom. The highest BCUT2D eigenvalue weighted by Crippen LogP contribution is 2.12. The van der Waals surface area contributed by atoms with Gasteiger partial charge in [-0.05, 0) is 18.2 Å². The number of methoxy groups -OCH3 is 1. The Hall–Kier alpha value is -1.42. The van der Waals surface area contributed by atoms with Gasteiger partial charge in [0.15, 0.2) is 0 Å². The molecule has 0 spiro atoms. The molecule has 1 rings (SSSR count). The monoisotopic (exact) mass is 282 g/mol. The minimum Gasteiger partial charge on any atom is -0.505 e. The Morgan fingerprint density at radius 1 is 1.44 bits per heavy atom. The molecule has 16 heavy (non-hydrogen) atoms. The lowest BCUT2D eigenvalue weighted by molar-refractivity contribution is -0.114. The number of carbonyl (C=O) groups excluding carboxylic acids is 2. The summed E-state index contributed by atoms with van der Waals surface area (Å²) in [4.78, 5) is 23.1. The van der Waals surface area contributed by atoms with Crippen molar-refractivity contribution in [2.45, 2.75) is 6.42 Å². The van der Waals surface area contributed by atoms with E-state index < -0.39 is 11.6 Å². The molecule has 0 saturated carbocycles. The van der Waals surface area contributed by atoms with Crippen molar-refractivity contribution in [3.63, 3.8) is 0 Å².